The first-order valence-electron chi connectivity index (χ1n) is 14.0. The average Bonchev–Trinajstić information content (AvgIpc) is 3.67. The zero-order chi connectivity index (χ0) is 28.9. The molecule has 7 rings (SSSR count). The lowest BCUT2D eigenvalue weighted by Gasteiger charge is -2.53. The Labute approximate surface area is 234 Å². The maximum absolute atomic E-state index is 15.2. The maximum atomic E-state index is 15.2. The second-order valence-corrected chi connectivity index (χ2v) is 11.3. The summed E-state index contributed by atoms with van der Waals surface area (Å²) < 4.78 is 40.9. The molecular formula is C29H32F2N4O6. The molecule has 4 saturated heterocycles. The van der Waals surface area contributed by atoms with Gasteiger partial charge in [0.1, 0.15) is 17.5 Å². The van der Waals surface area contributed by atoms with Crippen molar-refractivity contribution in [3.8, 4) is 5.75 Å². The minimum atomic E-state index is -3.13. The van der Waals surface area contributed by atoms with Gasteiger partial charge in [0.25, 0.3) is 11.8 Å². The molecule has 0 spiro atoms. The van der Waals surface area contributed by atoms with Gasteiger partial charge >= 0.3 is 5.97 Å². The standard InChI is InChI=1S/C29H32F2N4O6/c1-40-23-4-2-3-21-19(23)13-22(34-21)27(38)35-18-5-6-20(29(30,31)14-18)24(35)26(37)33-17(11-15-7-9-32-25(15)36)12-16-8-10-41-28(16)39/h2-4,12-13,15,17-18,20,24,34H,5-11,14H2,1H3,(H,32,36)(H,33,37)/b16-12+/t15-,17+,18-,20-,24+/m0/s1. The number of esters is 1. The molecule has 10 nitrogen and oxygen atoms in total. The number of methoxy groups -OCH3 is 1. The molecule has 5 aliphatic rings. The van der Waals surface area contributed by atoms with Crippen LogP contribution in [0.4, 0.5) is 8.78 Å². The van der Waals surface area contributed by atoms with Gasteiger partial charge in [0.2, 0.25) is 11.8 Å². The van der Waals surface area contributed by atoms with E-state index >= 15 is 8.78 Å². The van der Waals surface area contributed by atoms with E-state index in [4.69, 9.17) is 9.47 Å². The van der Waals surface area contributed by atoms with Crippen molar-refractivity contribution in [1.29, 1.82) is 0 Å². The summed E-state index contributed by atoms with van der Waals surface area (Å²) in [6, 6.07) is 3.89. The number of fused-ring (bicyclic) bond motifs is 4. The summed E-state index contributed by atoms with van der Waals surface area (Å²) in [5.41, 5.74) is 1.18. The van der Waals surface area contributed by atoms with E-state index in [0.717, 1.165) is 0 Å². The lowest BCUT2D eigenvalue weighted by molar-refractivity contribution is -0.179. The molecule has 12 heteroatoms. The van der Waals surface area contributed by atoms with Gasteiger partial charge in [-0.3, -0.25) is 14.4 Å². The third-order valence-electron chi connectivity index (χ3n) is 8.81. The lowest BCUT2D eigenvalue weighted by Crippen LogP contribution is -2.68. The fraction of sp³-hybridized carbons (Fsp3) is 0.517. The number of alkyl halides is 2. The molecule has 5 fully saturated rings. The minimum Gasteiger partial charge on any atom is -0.496 e. The Morgan fingerprint density at radius 1 is 1.27 bits per heavy atom. The number of aromatic nitrogens is 1. The number of ether oxygens (including phenoxy) is 2. The Kier molecular flexibility index (Phi) is 6.95. The zero-order valence-corrected chi connectivity index (χ0v) is 22.6. The molecule has 2 bridgehead atoms. The van der Waals surface area contributed by atoms with E-state index in [9.17, 15) is 19.2 Å². The highest BCUT2D eigenvalue weighted by Gasteiger charge is 2.60. The van der Waals surface area contributed by atoms with E-state index < -0.39 is 60.1 Å². The van der Waals surface area contributed by atoms with Gasteiger partial charge in [0, 0.05) is 53.9 Å². The Morgan fingerprint density at radius 2 is 2.10 bits per heavy atom. The molecule has 5 atom stereocenters. The van der Waals surface area contributed by atoms with Crippen LogP contribution in [0.25, 0.3) is 10.9 Å². The number of H-pyrrole nitrogens is 1. The second kappa shape index (κ2) is 10.5. The highest BCUT2D eigenvalue weighted by Crippen LogP contribution is 2.49. The Hall–Kier alpha value is -3.96. The molecule has 1 aromatic heterocycles. The predicted molar refractivity (Wildman–Crippen MR) is 142 cm³/mol. The number of carbonyl (C=O) groups excluding carboxylic acids is 4. The monoisotopic (exact) mass is 570 g/mol. The molecule has 4 aliphatic heterocycles. The summed E-state index contributed by atoms with van der Waals surface area (Å²) in [4.78, 5) is 56.6. The van der Waals surface area contributed by atoms with Crippen molar-refractivity contribution in [2.45, 2.75) is 62.6 Å². The number of piperidine rings is 2. The summed E-state index contributed by atoms with van der Waals surface area (Å²) in [5, 5.41) is 6.25. The molecule has 3 amide bonds. The first-order valence-corrected chi connectivity index (χ1v) is 14.0. The van der Waals surface area contributed by atoms with Gasteiger partial charge in [0.15, 0.2) is 0 Å². The van der Waals surface area contributed by atoms with Gasteiger partial charge in [-0.2, -0.15) is 0 Å². The van der Waals surface area contributed by atoms with E-state index in [1.165, 1.54) is 12.0 Å². The Balaban J connectivity index is 1.32. The summed E-state index contributed by atoms with van der Waals surface area (Å²) in [6.07, 6.45) is 2.61. The van der Waals surface area contributed by atoms with Crippen LogP contribution in [0.5, 0.6) is 5.75 Å². The number of carbonyl (C=O) groups is 4. The van der Waals surface area contributed by atoms with Gasteiger partial charge in [-0.25, -0.2) is 13.6 Å². The minimum absolute atomic E-state index is 0.100. The topological polar surface area (TPSA) is 130 Å². The number of hydrogen-bond acceptors (Lipinski definition) is 6. The normalized spacial score (nSPS) is 28.6. The SMILES string of the molecule is COc1cccc2[nH]c(C(=O)N3[C@H]4CC[C@@H]([C@@H]3C(=O)N[C@@H](/C=C3\CCOC3=O)C[C@@H]3CCNC3=O)C(F)(F)C4)cc12. The van der Waals surface area contributed by atoms with Gasteiger partial charge < -0.3 is 30.0 Å². The summed E-state index contributed by atoms with van der Waals surface area (Å²) in [6.45, 7) is 0.713. The number of amides is 3. The summed E-state index contributed by atoms with van der Waals surface area (Å²) in [7, 11) is 1.52. The molecular weight excluding hydrogens is 538 g/mol. The molecule has 3 N–H and O–H groups in total. The number of benzene rings is 1. The van der Waals surface area contributed by atoms with Crippen LogP contribution in [0.15, 0.2) is 35.9 Å². The van der Waals surface area contributed by atoms with Gasteiger partial charge in [-0.05, 0) is 43.9 Å². The zero-order valence-electron chi connectivity index (χ0n) is 22.6. The predicted octanol–water partition coefficient (Wildman–Crippen LogP) is 2.69. The van der Waals surface area contributed by atoms with Crippen molar-refractivity contribution in [3.05, 3.63) is 41.6 Å². The molecule has 2 aromatic rings. The first-order chi connectivity index (χ1) is 19.7. The van der Waals surface area contributed by atoms with Crippen molar-refractivity contribution in [1.82, 2.24) is 20.5 Å². The summed E-state index contributed by atoms with van der Waals surface area (Å²) >= 11 is 0. The van der Waals surface area contributed by atoms with Crippen LogP contribution in [0.2, 0.25) is 0 Å². The number of rotatable bonds is 7. The van der Waals surface area contributed by atoms with Crippen LogP contribution >= 0.6 is 0 Å². The quantitative estimate of drug-likeness (QED) is 0.347. The van der Waals surface area contributed by atoms with Crippen LogP contribution in [0.3, 0.4) is 0 Å². The number of nitrogens with zero attached hydrogens (tertiary/aromatic N) is 1. The van der Waals surface area contributed by atoms with Crippen molar-refractivity contribution >= 4 is 34.6 Å². The van der Waals surface area contributed by atoms with Gasteiger partial charge in [-0.15, -0.1) is 0 Å². The van der Waals surface area contributed by atoms with Crippen LogP contribution in [-0.4, -0.2) is 77.9 Å². The number of aromatic amines is 1. The van der Waals surface area contributed by atoms with E-state index in [2.05, 4.69) is 15.6 Å². The highest BCUT2D eigenvalue weighted by atomic mass is 19.3. The van der Waals surface area contributed by atoms with Crippen LogP contribution in [0.1, 0.15) is 49.0 Å². The number of cyclic esters (lactones) is 1. The smallest absolute Gasteiger partial charge is 0.333 e. The van der Waals surface area contributed by atoms with Crippen molar-refractivity contribution < 1.29 is 37.4 Å². The number of halogens is 2. The van der Waals surface area contributed by atoms with E-state index in [1.54, 1.807) is 30.3 Å². The highest BCUT2D eigenvalue weighted by molar-refractivity contribution is 6.02. The van der Waals surface area contributed by atoms with E-state index in [-0.39, 0.29) is 31.0 Å². The van der Waals surface area contributed by atoms with Crippen molar-refractivity contribution in [3.63, 3.8) is 0 Å². The van der Waals surface area contributed by atoms with Gasteiger partial charge in [-0.1, -0.05) is 12.1 Å². The Morgan fingerprint density at radius 3 is 2.78 bits per heavy atom. The lowest BCUT2D eigenvalue weighted by atomic mass is 9.71. The van der Waals surface area contributed by atoms with E-state index in [1.807, 2.05) is 0 Å². The molecule has 1 aliphatic carbocycles. The molecule has 218 valence electrons. The van der Waals surface area contributed by atoms with Crippen molar-refractivity contribution in [2.75, 3.05) is 20.3 Å². The van der Waals surface area contributed by atoms with E-state index in [0.29, 0.717) is 48.0 Å². The molecule has 1 aromatic carbocycles. The molecule has 5 heterocycles. The average molecular weight is 571 g/mol. The van der Waals surface area contributed by atoms with Crippen LogP contribution < -0.4 is 15.4 Å². The third-order valence-corrected chi connectivity index (χ3v) is 8.81. The summed E-state index contributed by atoms with van der Waals surface area (Å²) in [5.74, 6) is -6.28. The third kappa shape index (κ3) is 4.93. The van der Waals surface area contributed by atoms with Crippen LogP contribution in [0, 0.1) is 11.8 Å². The van der Waals surface area contributed by atoms with Gasteiger partial charge in [0.05, 0.1) is 19.6 Å². The molecule has 0 radical (unpaired) electrons. The second-order valence-electron chi connectivity index (χ2n) is 11.3. The number of hydrogen-bond donors (Lipinski definition) is 3. The maximum Gasteiger partial charge on any atom is 0.333 e. The first kappa shape index (κ1) is 27.2. The van der Waals surface area contributed by atoms with Crippen LogP contribution in [-0.2, 0) is 19.1 Å². The molecule has 1 saturated carbocycles. The fourth-order valence-corrected chi connectivity index (χ4v) is 6.81. The fourth-order valence-electron chi connectivity index (χ4n) is 6.81. The molecule has 41 heavy (non-hydrogen) atoms. The Bertz CT molecular complexity index is 1440. The molecule has 0 unspecified atom stereocenters. The number of nitrogens with one attached hydrogen (secondary N) is 3. The van der Waals surface area contributed by atoms with Crippen molar-refractivity contribution in [2.24, 2.45) is 11.8 Å². The largest absolute Gasteiger partial charge is 0.496 e.